The van der Waals surface area contributed by atoms with Gasteiger partial charge in [0.05, 0.1) is 19.3 Å². The van der Waals surface area contributed by atoms with E-state index in [2.05, 4.69) is 25.7 Å². The number of hydrogen-bond acceptors (Lipinski definition) is 4. The molecule has 1 N–H and O–H groups in total. The fourth-order valence-electron chi connectivity index (χ4n) is 4.66. The van der Waals surface area contributed by atoms with E-state index in [-0.39, 0.29) is 5.91 Å². The van der Waals surface area contributed by atoms with Gasteiger partial charge in [-0.2, -0.15) is 0 Å². The summed E-state index contributed by atoms with van der Waals surface area (Å²) in [4.78, 5) is 16.5. The number of rotatable bonds is 6. The number of aliphatic hydroxyl groups is 1. The predicted molar refractivity (Wildman–Crippen MR) is 95.8 cm³/mol. The van der Waals surface area contributed by atoms with Gasteiger partial charge in [0.25, 0.3) is 0 Å². The zero-order valence-electron chi connectivity index (χ0n) is 16.0. The maximum atomic E-state index is 12.5. The first-order valence-corrected chi connectivity index (χ1v) is 9.47. The standard InChI is InChI=1S/C19H36N2O3/c1-15-9-16(12-19(2,3)11-15)10-18(23)20(4)13-17(22)14-21-5-7-24-8-6-21/h15-17,22H,5-14H2,1-4H3. The summed E-state index contributed by atoms with van der Waals surface area (Å²) in [5, 5.41) is 10.3. The van der Waals surface area contributed by atoms with Gasteiger partial charge < -0.3 is 14.7 Å². The number of likely N-dealkylation sites (N-methyl/N-ethyl adjacent to an activating group) is 1. The summed E-state index contributed by atoms with van der Waals surface area (Å²) in [6, 6.07) is 0. The SMILES string of the molecule is CC1CC(CC(=O)N(C)CC(O)CN2CCOCC2)CC(C)(C)C1. The largest absolute Gasteiger partial charge is 0.390 e. The van der Waals surface area contributed by atoms with E-state index in [4.69, 9.17) is 4.74 Å². The molecular weight excluding hydrogens is 304 g/mol. The number of hydrogen-bond donors (Lipinski definition) is 1. The fraction of sp³-hybridized carbons (Fsp3) is 0.947. The van der Waals surface area contributed by atoms with Gasteiger partial charge in [0.1, 0.15) is 0 Å². The molecule has 2 rings (SSSR count). The summed E-state index contributed by atoms with van der Waals surface area (Å²) in [6.07, 6.45) is 3.67. The molecule has 1 aliphatic carbocycles. The van der Waals surface area contributed by atoms with Gasteiger partial charge in [-0.1, -0.05) is 20.8 Å². The Balaban J connectivity index is 1.74. The fourth-order valence-corrected chi connectivity index (χ4v) is 4.66. The maximum absolute atomic E-state index is 12.5. The molecule has 1 heterocycles. The Bertz CT molecular complexity index is 407. The number of carbonyl (C=O) groups is 1. The number of nitrogens with zero attached hydrogens (tertiary/aromatic N) is 2. The second kappa shape index (κ2) is 8.63. The van der Waals surface area contributed by atoms with Crippen molar-refractivity contribution in [1.82, 2.24) is 9.80 Å². The molecule has 0 aromatic carbocycles. The van der Waals surface area contributed by atoms with Crippen molar-refractivity contribution in [3.63, 3.8) is 0 Å². The average molecular weight is 341 g/mol. The summed E-state index contributed by atoms with van der Waals surface area (Å²) < 4.78 is 5.32. The molecule has 0 aromatic heterocycles. The number of amides is 1. The molecule has 1 saturated carbocycles. The molecule has 24 heavy (non-hydrogen) atoms. The van der Waals surface area contributed by atoms with Crippen LogP contribution in [0.4, 0.5) is 0 Å². The highest BCUT2D eigenvalue weighted by Crippen LogP contribution is 2.42. The van der Waals surface area contributed by atoms with Crippen molar-refractivity contribution in [2.75, 3.05) is 46.4 Å². The van der Waals surface area contributed by atoms with Gasteiger partial charge in [-0.3, -0.25) is 9.69 Å². The third-order valence-corrected chi connectivity index (χ3v) is 5.42. The smallest absolute Gasteiger partial charge is 0.222 e. The van der Waals surface area contributed by atoms with E-state index in [1.165, 1.54) is 6.42 Å². The molecule has 0 bridgehead atoms. The molecule has 1 aliphatic heterocycles. The lowest BCUT2D eigenvalue weighted by molar-refractivity contribution is -0.133. The molecule has 5 heteroatoms. The van der Waals surface area contributed by atoms with E-state index < -0.39 is 6.10 Å². The summed E-state index contributed by atoms with van der Waals surface area (Å²) in [5.74, 6) is 1.35. The third kappa shape index (κ3) is 6.34. The van der Waals surface area contributed by atoms with E-state index in [1.807, 2.05) is 7.05 Å². The van der Waals surface area contributed by atoms with Crippen LogP contribution in [-0.2, 0) is 9.53 Å². The zero-order valence-corrected chi connectivity index (χ0v) is 16.0. The molecule has 5 nitrogen and oxygen atoms in total. The lowest BCUT2D eigenvalue weighted by atomic mass is 9.67. The summed E-state index contributed by atoms with van der Waals surface area (Å²) in [7, 11) is 1.82. The summed E-state index contributed by atoms with van der Waals surface area (Å²) in [5.41, 5.74) is 0.344. The van der Waals surface area contributed by atoms with Gasteiger partial charge in [-0.05, 0) is 36.5 Å². The Labute approximate surface area is 147 Å². The minimum Gasteiger partial charge on any atom is -0.390 e. The lowest BCUT2D eigenvalue weighted by Crippen LogP contribution is -2.45. The monoisotopic (exact) mass is 340 g/mol. The topological polar surface area (TPSA) is 53.0 Å². The highest BCUT2D eigenvalue weighted by atomic mass is 16.5. The molecule has 2 fully saturated rings. The second-order valence-electron chi connectivity index (χ2n) is 8.82. The number of β-amino-alcohol motifs (C(OH)–C–C–N with tert-alkyl or cyclic N) is 1. The Kier molecular flexibility index (Phi) is 7.08. The first-order valence-electron chi connectivity index (χ1n) is 9.47. The normalized spacial score (nSPS) is 29.2. The van der Waals surface area contributed by atoms with Crippen LogP contribution in [0.15, 0.2) is 0 Å². The van der Waals surface area contributed by atoms with Crippen molar-refractivity contribution in [3.8, 4) is 0 Å². The Morgan fingerprint density at radius 1 is 1.33 bits per heavy atom. The van der Waals surface area contributed by atoms with Crippen LogP contribution in [0.3, 0.4) is 0 Å². The highest BCUT2D eigenvalue weighted by Gasteiger charge is 2.33. The predicted octanol–water partition coefficient (Wildman–Crippen LogP) is 1.99. The average Bonchev–Trinajstić information content (AvgIpc) is 2.45. The molecule has 1 amide bonds. The molecule has 0 spiro atoms. The van der Waals surface area contributed by atoms with E-state index in [1.54, 1.807) is 4.90 Å². The van der Waals surface area contributed by atoms with Crippen LogP contribution in [0.2, 0.25) is 0 Å². The van der Waals surface area contributed by atoms with Crippen LogP contribution in [0.25, 0.3) is 0 Å². The van der Waals surface area contributed by atoms with Gasteiger partial charge in [0.15, 0.2) is 0 Å². The Morgan fingerprint density at radius 3 is 2.62 bits per heavy atom. The molecule has 0 radical (unpaired) electrons. The first-order chi connectivity index (χ1) is 11.2. The number of carbonyl (C=O) groups excluding carboxylic acids is 1. The van der Waals surface area contributed by atoms with Crippen molar-refractivity contribution in [2.24, 2.45) is 17.3 Å². The number of ether oxygens (including phenoxy) is 1. The van der Waals surface area contributed by atoms with E-state index in [9.17, 15) is 9.90 Å². The zero-order chi connectivity index (χ0) is 17.7. The molecule has 1 saturated heterocycles. The molecule has 3 unspecified atom stereocenters. The minimum atomic E-state index is -0.487. The molecule has 2 aliphatic rings. The van der Waals surface area contributed by atoms with Crippen molar-refractivity contribution in [1.29, 1.82) is 0 Å². The minimum absolute atomic E-state index is 0.172. The van der Waals surface area contributed by atoms with Crippen molar-refractivity contribution in [2.45, 2.75) is 52.6 Å². The van der Waals surface area contributed by atoms with Crippen molar-refractivity contribution in [3.05, 3.63) is 0 Å². The van der Waals surface area contributed by atoms with Gasteiger partial charge in [0.2, 0.25) is 5.91 Å². The van der Waals surface area contributed by atoms with Crippen LogP contribution in [-0.4, -0.2) is 73.4 Å². The molecule has 0 aromatic rings. The van der Waals surface area contributed by atoms with Crippen LogP contribution in [0.5, 0.6) is 0 Å². The molecular formula is C19H36N2O3. The van der Waals surface area contributed by atoms with Gasteiger partial charge in [-0.25, -0.2) is 0 Å². The summed E-state index contributed by atoms with van der Waals surface area (Å²) in [6.45, 7) is 11.2. The van der Waals surface area contributed by atoms with Crippen LogP contribution >= 0.6 is 0 Å². The Morgan fingerprint density at radius 2 is 2.00 bits per heavy atom. The van der Waals surface area contributed by atoms with Crippen LogP contribution in [0, 0.1) is 17.3 Å². The highest BCUT2D eigenvalue weighted by molar-refractivity contribution is 5.76. The Hall–Kier alpha value is -0.650. The van der Waals surface area contributed by atoms with Crippen molar-refractivity contribution < 1.29 is 14.6 Å². The van der Waals surface area contributed by atoms with E-state index in [0.717, 1.165) is 39.1 Å². The second-order valence-corrected chi connectivity index (χ2v) is 8.82. The summed E-state index contributed by atoms with van der Waals surface area (Å²) >= 11 is 0. The third-order valence-electron chi connectivity index (χ3n) is 5.42. The van der Waals surface area contributed by atoms with Gasteiger partial charge >= 0.3 is 0 Å². The molecule has 3 atom stereocenters. The van der Waals surface area contributed by atoms with E-state index in [0.29, 0.717) is 36.8 Å². The van der Waals surface area contributed by atoms with E-state index >= 15 is 0 Å². The van der Waals surface area contributed by atoms with Crippen molar-refractivity contribution >= 4 is 5.91 Å². The number of aliphatic hydroxyl groups excluding tert-OH is 1. The number of morpholine rings is 1. The maximum Gasteiger partial charge on any atom is 0.222 e. The van der Waals surface area contributed by atoms with Gasteiger partial charge in [0, 0.05) is 39.6 Å². The van der Waals surface area contributed by atoms with Crippen LogP contribution < -0.4 is 0 Å². The quantitative estimate of drug-likeness (QED) is 0.803. The lowest BCUT2D eigenvalue weighted by Gasteiger charge is -2.39. The molecule has 140 valence electrons. The van der Waals surface area contributed by atoms with Crippen LogP contribution in [0.1, 0.15) is 46.5 Å². The first kappa shape index (κ1) is 19.7. The van der Waals surface area contributed by atoms with Gasteiger partial charge in [-0.15, -0.1) is 0 Å².